The number of nitrogen functional groups attached to an aromatic ring is 1. The molecule has 0 aliphatic heterocycles. The lowest BCUT2D eigenvalue weighted by Crippen LogP contribution is -2.35. The predicted octanol–water partition coefficient (Wildman–Crippen LogP) is 0.285. The Morgan fingerprint density at radius 1 is 1.47 bits per heavy atom. The van der Waals surface area contributed by atoms with Gasteiger partial charge in [0.15, 0.2) is 0 Å². The first-order chi connectivity index (χ1) is 7.87. The third-order valence-electron chi connectivity index (χ3n) is 2.55. The first-order valence-electron chi connectivity index (χ1n) is 5.70. The van der Waals surface area contributed by atoms with Crippen LogP contribution in [0.15, 0.2) is 6.20 Å². The Morgan fingerprint density at radius 3 is 2.65 bits per heavy atom. The van der Waals surface area contributed by atoms with E-state index < -0.39 is 0 Å². The highest BCUT2D eigenvalue weighted by atomic mass is 16.5. The molecule has 17 heavy (non-hydrogen) atoms. The van der Waals surface area contributed by atoms with Gasteiger partial charge in [-0.3, -0.25) is 0 Å². The number of rotatable bonds is 6. The largest absolute Gasteiger partial charge is 0.394 e. The monoisotopic (exact) mass is 241 g/mol. The van der Waals surface area contributed by atoms with E-state index in [-0.39, 0.29) is 5.60 Å². The second-order valence-electron chi connectivity index (χ2n) is 4.85. The Morgan fingerprint density at radius 2 is 2.12 bits per heavy atom. The molecule has 0 radical (unpaired) electrons. The van der Waals surface area contributed by atoms with E-state index in [0.29, 0.717) is 25.4 Å². The summed E-state index contributed by atoms with van der Waals surface area (Å²) in [7, 11) is 3.88. The van der Waals surface area contributed by atoms with Crippen molar-refractivity contribution < 1.29 is 4.74 Å². The van der Waals surface area contributed by atoms with E-state index in [4.69, 9.17) is 16.2 Å². The molecule has 6 nitrogen and oxygen atoms in total. The summed E-state index contributed by atoms with van der Waals surface area (Å²) in [5.41, 5.74) is 11.8. The van der Waals surface area contributed by atoms with Gasteiger partial charge in [0.25, 0.3) is 0 Å². The molecule has 0 aliphatic carbocycles. The summed E-state index contributed by atoms with van der Waals surface area (Å²) in [6.45, 7) is 5.66. The Hall–Kier alpha value is -1.27. The van der Waals surface area contributed by atoms with Crippen LogP contribution in [0.25, 0.3) is 0 Å². The number of hydrogen-bond donors (Lipinski definition) is 2. The Bertz CT molecular complexity index is 359. The highest BCUT2D eigenvalue weighted by Gasteiger charge is 2.16. The molecule has 0 amide bonds. The summed E-state index contributed by atoms with van der Waals surface area (Å²) in [4.78, 5) is 1.94. The van der Waals surface area contributed by atoms with E-state index >= 15 is 0 Å². The van der Waals surface area contributed by atoms with E-state index in [1.807, 2.05) is 37.5 Å². The fraction of sp³-hybridized carbons (Fsp3) is 0.727. The molecule has 0 bridgehead atoms. The van der Waals surface area contributed by atoms with Gasteiger partial charge in [-0.2, -0.15) is 5.10 Å². The number of nitrogens with two attached hydrogens (primary N) is 2. The average molecular weight is 241 g/mol. The molecule has 4 N–H and O–H groups in total. The van der Waals surface area contributed by atoms with Gasteiger partial charge < -0.3 is 21.1 Å². The van der Waals surface area contributed by atoms with Crippen molar-refractivity contribution in [1.82, 2.24) is 9.78 Å². The van der Waals surface area contributed by atoms with Crippen molar-refractivity contribution in [3.63, 3.8) is 0 Å². The zero-order chi connectivity index (χ0) is 13.1. The summed E-state index contributed by atoms with van der Waals surface area (Å²) in [5.74, 6) is 0.902. The van der Waals surface area contributed by atoms with Crippen LogP contribution >= 0.6 is 0 Å². The molecule has 98 valence electrons. The van der Waals surface area contributed by atoms with E-state index in [2.05, 4.69) is 5.10 Å². The minimum atomic E-state index is -0.295. The lowest BCUT2D eigenvalue weighted by atomic mass is 10.1. The molecule has 0 aromatic carbocycles. The van der Waals surface area contributed by atoms with Crippen molar-refractivity contribution in [2.75, 3.05) is 37.9 Å². The quantitative estimate of drug-likeness (QED) is 0.748. The molecular formula is C11H23N5O. The number of anilines is 2. The first-order valence-corrected chi connectivity index (χ1v) is 5.70. The number of hydrogen-bond acceptors (Lipinski definition) is 5. The molecule has 0 saturated heterocycles. The standard InChI is InChI=1S/C11H23N5O/c1-11(2,8-12)17-6-5-16-10(15(3)4)9(13)7-14-16/h7H,5-6,8,12-13H2,1-4H3. The van der Waals surface area contributed by atoms with Gasteiger partial charge in [0, 0.05) is 20.6 Å². The van der Waals surface area contributed by atoms with E-state index in [1.54, 1.807) is 6.20 Å². The van der Waals surface area contributed by atoms with Crippen LogP contribution in [0.2, 0.25) is 0 Å². The minimum absolute atomic E-state index is 0.295. The summed E-state index contributed by atoms with van der Waals surface area (Å²) in [6.07, 6.45) is 1.66. The Balaban J connectivity index is 2.58. The van der Waals surface area contributed by atoms with Gasteiger partial charge in [0.2, 0.25) is 0 Å². The molecule has 1 rings (SSSR count). The lowest BCUT2D eigenvalue weighted by Gasteiger charge is -2.23. The molecule has 0 spiro atoms. The van der Waals surface area contributed by atoms with Gasteiger partial charge in [0.05, 0.1) is 30.6 Å². The van der Waals surface area contributed by atoms with Crippen molar-refractivity contribution in [2.45, 2.75) is 26.0 Å². The van der Waals surface area contributed by atoms with Crippen molar-refractivity contribution in [2.24, 2.45) is 5.73 Å². The number of nitrogens with zero attached hydrogens (tertiary/aromatic N) is 3. The van der Waals surface area contributed by atoms with Crippen molar-refractivity contribution in [1.29, 1.82) is 0 Å². The van der Waals surface area contributed by atoms with E-state index in [9.17, 15) is 0 Å². The van der Waals surface area contributed by atoms with Crippen LogP contribution in [-0.4, -0.2) is 42.6 Å². The third kappa shape index (κ3) is 3.61. The van der Waals surface area contributed by atoms with Crippen molar-refractivity contribution in [3.8, 4) is 0 Å². The summed E-state index contributed by atoms with van der Waals surface area (Å²) >= 11 is 0. The maximum Gasteiger partial charge on any atom is 0.149 e. The lowest BCUT2D eigenvalue weighted by molar-refractivity contribution is -0.0150. The zero-order valence-electron chi connectivity index (χ0n) is 11.1. The maximum absolute atomic E-state index is 5.84. The smallest absolute Gasteiger partial charge is 0.149 e. The molecular weight excluding hydrogens is 218 g/mol. The molecule has 0 unspecified atom stereocenters. The van der Waals surface area contributed by atoms with Gasteiger partial charge in [-0.1, -0.05) is 0 Å². The molecule has 1 aromatic heterocycles. The summed E-state index contributed by atoms with van der Waals surface area (Å²) < 4.78 is 7.52. The highest BCUT2D eigenvalue weighted by molar-refractivity contribution is 5.61. The summed E-state index contributed by atoms with van der Waals surface area (Å²) in [5, 5.41) is 4.22. The normalized spacial score (nSPS) is 11.8. The minimum Gasteiger partial charge on any atom is -0.394 e. The second-order valence-corrected chi connectivity index (χ2v) is 4.85. The first kappa shape index (κ1) is 13.8. The van der Waals surface area contributed by atoms with Gasteiger partial charge in [-0.25, -0.2) is 4.68 Å². The van der Waals surface area contributed by atoms with Crippen LogP contribution in [0.4, 0.5) is 11.5 Å². The fourth-order valence-corrected chi connectivity index (χ4v) is 1.51. The van der Waals surface area contributed by atoms with Gasteiger partial charge in [0.1, 0.15) is 5.82 Å². The predicted molar refractivity (Wildman–Crippen MR) is 70.1 cm³/mol. The van der Waals surface area contributed by atoms with Crippen LogP contribution in [0.5, 0.6) is 0 Å². The van der Waals surface area contributed by atoms with Crippen LogP contribution in [0.3, 0.4) is 0 Å². The second kappa shape index (κ2) is 5.37. The molecule has 0 atom stereocenters. The molecule has 0 saturated carbocycles. The highest BCUT2D eigenvalue weighted by Crippen LogP contribution is 2.20. The average Bonchev–Trinajstić information content (AvgIpc) is 2.59. The van der Waals surface area contributed by atoms with Gasteiger partial charge >= 0.3 is 0 Å². The Labute approximate surface area is 103 Å². The molecule has 0 fully saturated rings. The SMILES string of the molecule is CN(C)c1c(N)cnn1CCOC(C)(C)CN. The maximum atomic E-state index is 5.84. The fourth-order valence-electron chi connectivity index (χ4n) is 1.51. The summed E-state index contributed by atoms with van der Waals surface area (Å²) in [6, 6.07) is 0. The van der Waals surface area contributed by atoms with E-state index in [0.717, 1.165) is 5.82 Å². The van der Waals surface area contributed by atoms with E-state index in [1.165, 1.54) is 0 Å². The number of aromatic nitrogens is 2. The van der Waals surface area contributed by atoms with Crippen molar-refractivity contribution >= 4 is 11.5 Å². The van der Waals surface area contributed by atoms with Gasteiger partial charge in [-0.15, -0.1) is 0 Å². The van der Waals surface area contributed by atoms with Crippen LogP contribution in [0, 0.1) is 0 Å². The van der Waals surface area contributed by atoms with Gasteiger partial charge in [-0.05, 0) is 13.8 Å². The molecule has 1 aromatic rings. The van der Waals surface area contributed by atoms with Crippen LogP contribution in [-0.2, 0) is 11.3 Å². The Kier molecular flexibility index (Phi) is 4.36. The van der Waals surface area contributed by atoms with Crippen LogP contribution in [0.1, 0.15) is 13.8 Å². The van der Waals surface area contributed by atoms with Crippen molar-refractivity contribution in [3.05, 3.63) is 6.20 Å². The molecule has 0 aliphatic rings. The zero-order valence-corrected chi connectivity index (χ0v) is 11.1. The molecule has 1 heterocycles. The number of ether oxygens (including phenoxy) is 1. The third-order valence-corrected chi connectivity index (χ3v) is 2.55. The van der Waals surface area contributed by atoms with Crippen LogP contribution < -0.4 is 16.4 Å². The topological polar surface area (TPSA) is 82.3 Å². The molecule has 6 heteroatoms.